The molecular weight excluding hydrogens is 609 g/mol. The van der Waals surface area contributed by atoms with E-state index in [4.69, 9.17) is 13.8 Å². The van der Waals surface area contributed by atoms with Gasteiger partial charge < -0.3 is 13.7 Å². The predicted octanol–water partition coefficient (Wildman–Crippen LogP) is 12.9. The summed E-state index contributed by atoms with van der Waals surface area (Å²) in [4.78, 5) is 7.24. The van der Waals surface area contributed by atoms with Crippen molar-refractivity contribution in [1.82, 2.24) is 4.98 Å². The summed E-state index contributed by atoms with van der Waals surface area (Å²) >= 11 is 1.83. The van der Waals surface area contributed by atoms with Crippen molar-refractivity contribution in [3.63, 3.8) is 0 Å². The number of hydrogen-bond acceptors (Lipinski definition) is 5. The standard InChI is InChI=1S/C43H26N2O2S/c1-3-9-27(10-4-1)28-15-17-30(18-16-28)45(31-20-24-40-35(25-31)33-13-7-8-14-39(33)48-40)32-19-21-34-38(26-32)46-36-22-23-37-42(41(34)36)44-43(47-37)29-11-5-2-6-12-29/h1-26H. The lowest BCUT2D eigenvalue weighted by molar-refractivity contribution is 0.619. The van der Waals surface area contributed by atoms with E-state index in [2.05, 4.69) is 114 Å². The van der Waals surface area contributed by atoms with Gasteiger partial charge in [0.2, 0.25) is 5.89 Å². The summed E-state index contributed by atoms with van der Waals surface area (Å²) in [6.45, 7) is 0. The van der Waals surface area contributed by atoms with Gasteiger partial charge in [-0.15, -0.1) is 11.3 Å². The van der Waals surface area contributed by atoms with Gasteiger partial charge in [0.25, 0.3) is 0 Å². The van der Waals surface area contributed by atoms with Crippen LogP contribution in [0.1, 0.15) is 0 Å². The predicted molar refractivity (Wildman–Crippen MR) is 200 cm³/mol. The van der Waals surface area contributed by atoms with Crippen molar-refractivity contribution in [3.8, 4) is 22.6 Å². The molecule has 0 saturated heterocycles. The molecule has 5 heteroatoms. The van der Waals surface area contributed by atoms with Gasteiger partial charge in [-0.1, -0.05) is 78.9 Å². The number of furan rings is 1. The summed E-state index contributed by atoms with van der Waals surface area (Å²) in [5.74, 6) is 0.602. The third-order valence-corrected chi connectivity index (χ3v) is 10.3. The Morgan fingerprint density at radius 2 is 1.08 bits per heavy atom. The number of anilines is 3. The number of oxazole rings is 1. The third-order valence-electron chi connectivity index (χ3n) is 9.11. The molecule has 0 saturated carbocycles. The second kappa shape index (κ2) is 10.7. The summed E-state index contributed by atoms with van der Waals surface area (Å²) < 4.78 is 15.3. The molecule has 0 spiro atoms. The highest BCUT2D eigenvalue weighted by atomic mass is 32.1. The molecule has 0 aliphatic rings. The van der Waals surface area contributed by atoms with Gasteiger partial charge in [0.1, 0.15) is 16.7 Å². The second-order valence-corrected chi connectivity index (χ2v) is 13.1. The Labute approximate surface area is 279 Å². The molecule has 226 valence electrons. The van der Waals surface area contributed by atoms with Crippen molar-refractivity contribution in [2.24, 2.45) is 0 Å². The van der Waals surface area contributed by atoms with Crippen LogP contribution in [0.2, 0.25) is 0 Å². The Balaban J connectivity index is 1.14. The fourth-order valence-electron chi connectivity index (χ4n) is 6.82. The SMILES string of the molecule is c1ccc(-c2ccc(N(c3ccc4c(c3)oc3ccc5oc(-c6ccccc6)nc5c34)c3ccc4sc5ccccc5c4c3)cc2)cc1. The number of aromatic nitrogens is 1. The van der Waals surface area contributed by atoms with Crippen LogP contribution < -0.4 is 4.90 Å². The molecule has 3 aromatic heterocycles. The van der Waals surface area contributed by atoms with E-state index < -0.39 is 0 Å². The summed E-state index contributed by atoms with van der Waals surface area (Å²) in [7, 11) is 0. The Hall–Kier alpha value is -6.17. The first-order valence-corrected chi connectivity index (χ1v) is 16.8. The second-order valence-electron chi connectivity index (χ2n) is 12.0. The zero-order valence-electron chi connectivity index (χ0n) is 25.6. The largest absolute Gasteiger partial charge is 0.456 e. The quantitative estimate of drug-likeness (QED) is 0.189. The van der Waals surface area contributed by atoms with Crippen LogP contribution in [-0.2, 0) is 0 Å². The molecule has 0 aliphatic heterocycles. The van der Waals surface area contributed by atoms with Crippen LogP contribution in [0.3, 0.4) is 0 Å². The molecule has 0 aliphatic carbocycles. The van der Waals surface area contributed by atoms with Crippen LogP contribution in [-0.4, -0.2) is 4.98 Å². The summed E-state index contributed by atoms with van der Waals surface area (Å²) in [5, 5.41) is 4.50. The van der Waals surface area contributed by atoms with Crippen LogP contribution in [0.4, 0.5) is 17.1 Å². The third kappa shape index (κ3) is 4.33. The van der Waals surface area contributed by atoms with Crippen LogP contribution in [0.25, 0.3) is 75.8 Å². The van der Waals surface area contributed by atoms with Gasteiger partial charge in [0.05, 0.1) is 5.39 Å². The summed E-state index contributed by atoms with van der Waals surface area (Å²) in [6.07, 6.45) is 0. The van der Waals surface area contributed by atoms with Gasteiger partial charge in [-0.25, -0.2) is 4.98 Å². The number of thiophene rings is 1. The topological polar surface area (TPSA) is 42.4 Å². The van der Waals surface area contributed by atoms with E-state index in [1.807, 2.05) is 59.9 Å². The van der Waals surface area contributed by atoms with Crippen LogP contribution >= 0.6 is 11.3 Å². The maximum absolute atomic E-state index is 6.52. The minimum absolute atomic E-state index is 0.602. The van der Waals surface area contributed by atoms with E-state index in [0.29, 0.717) is 5.89 Å². The Kier molecular flexibility index (Phi) is 6.01. The molecule has 3 heterocycles. The van der Waals surface area contributed by atoms with Crippen LogP contribution in [0.5, 0.6) is 0 Å². The maximum Gasteiger partial charge on any atom is 0.227 e. The molecule has 7 aromatic carbocycles. The molecule has 0 unspecified atom stereocenters. The van der Waals surface area contributed by atoms with E-state index >= 15 is 0 Å². The van der Waals surface area contributed by atoms with Gasteiger partial charge in [-0.3, -0.25) is 0 Å². The van der Waals surface area contributed by atoms with Crippen LogP contribution in [0.15, 0.2) is 167 Å². The maximum atomic E-state index is 6.52. The molecule has 0 bridgehead atoms. The number of benzene rings is 7. The molecule has 10 rings (SSSR count). The average molecular weight is 635 g/mol. The summed E-state index contributed by atoms with van der Waals surface area (Å²) in [6, 6.07) is 55.1. The lowest BCUT2D eigenvalue weighted by Gasteiger charge is -2.26. The van der Waals surface area contributed by atoms with Gasteiger partial charge >= 0.3 is 0 Å². The van der Waals surface area contributed by atoms with E-state index in [0.717, 1.165) is 55.7 Å². The Bertz CT molecular complexity index is 2780. The first-order chi connectivity index (χ1) is 23.8. The molecule has 0 N–H and O–H groups in total. The Morgan fingerprint density at radius 1 is 0.438 bits per heavy atom. The molecule has 0 atom stereocenters. The monoisotopic (exact) mass is 634 g/mol. The van der Waals surface area contributed by atoms with Gasteiger partial charge in [-0.2, -0.15) is 0 Å². The van der Waals surface area contributed by atoms with Crippen molar-refractivity contribution in [3.05, 3.63) is 158 Å². The van der Waals surface area contributed by atoms with Crippen molar-refractivity contribution in [2.75, 3.05) is 4.90 Å². The molecular formula is C43H26N2O2S. The number of fused-ring (bicyclic) bond motifs is 8. The van der Waals surface area contributed by atoms with E-state index in [1.54, 1.807) is 0 Å². The molecule has 4 nitrogen and oxygen atoms in total. The highest BCUT2D eigenvalue weighted by molar-refractivity contribution is 7.25. The molecule has 0 radical (unpaired) electrons. The first kappa shape index (κ1) is 27.0. The molecule has 0 fully saturated rings. The first-order valence-electron chi connectivity index (χ1n) is 15.9. The molecule has 10 aromatic rings. The average Bonchev–Trinajstić information content (AvgIpc) is 3.86. The highest BCUT2D eigenvalue weighted by Crippen LogP contribution is 2.43. The normalized spacial score (nSPS) is 11.8. The molecule has 48 heavy (non-hydrogen) atoms. The minimum Gasteiger partial charge on any atom is -0.456 e. The smallest absolute Gasteiger partial charge is 0.227 e. The summed E-state index contributed by atoms with van der Waals surface area (Å²) in [5.41, 5.74) is 9.61. The van der Waals surface area contributed by atoms with Crippen molar-refractivity contribution >= 4 is 81.6 Å². The van der Waals surface area contributed by atoms with Crippen molar-refractivity contribution < 1.29 is 8.83 Å². The van der Waals surface area contributed by atoms with E-state index in [-0.39, 0.29) is 0 Å². The fourth-order valence-corrected chi connectivity index (χ4v) is 7.90. The number of hydrogen-bond donors (Lipinski definition) is 0. The number of nitrogens with zero attached hydrogens (tertiary/aromatic N) is 2. The number of rotatable bonds is 5. The zero-order chi connectivity index (χ0) is 31.6. The Morgan fingerprint density at radius 3 is 1.92 bits per heavy atom. The van der Waals surface area contributed by atoms with Crippen LogP contribution in [0, 0.1) is 0 Å². The van der Waals surface area contributed by atoms with Gasteiger partial charge in [-0.05, 0) is 83.9 Å². The van der Waals surface area contributed by atoms with E-state index in [9.17, 15) is 0 Å². The highest BCUT2D eigenvalue weighted by Gasteiger charge is 2.20. The fraction of sp³-hybridized carbons (Fsp3) is 0. The van der Waals surface area contributed by atoms with Crippen molar-refractivity contribution in [1.29, 1.82) is 0 Å². The lowest BCUT2D eigenvalue weighted by atomic mass is 10.0. The van der Waals surface area contributed by atoms with E-state index in [1.165, 1.54) is 31.3 Å². The minimum atomic E-state index is 0.602. The molecule has 0 amide bonds. The van der Waals surface area contributed by atoms with Gasteiger partial charge in [0.15, 0.2) is 5.58 Å². The van der Waals surface area contributed by atoms with Gasteiger partial charge in [0, 0.05) is 54.3 Å². The lowest BCUT2D eigenvalue weighted by Crippen LogP contribution is -2.09. The van der Waals surface area contributed by atoms with Crippen molar-refractivity contribution in [2.45, 2.75) is 0 Å². The zero-order valence-corrected chi connectivity index (χ0v) is 26.4.